The third-order valence-corrected chi connectivity index (χ3v) is 5.16. The van der Waals surface area contributed by atoms with Gasteiger partial charge in [0.2, 0.25) is 5.91 Å². The van der Waals surface area contributed by atoms with Crippen LogP contribution in [0.1, 0.15) is 29.8 Å². The summed E-state index contributed by atoms with van der Waals surface area (Å²) in [6.45, 7) is 2.06. The lowest BCUT2D eigenvalue weighted by atomic mass is 10.3. The number of thiazole rings is 1. The van der Waals surface area contributed by atoms with Crippen LogP contribution in [-0.4, -0.2) is 41.3 Å². The third-order valence-electron chi connectivity index (χ3n) is 3.59. The Bertz CT molecular complexity index is 646. The Hall–Kier alpha value is -1.73. The van der Waals surface area contributed by atoms with E-state index in [9.17, 15) is 9.59 Å². The van der Waals surface area contributed by atoms with Gasteiger partial charge in [-0.15, -0.1) is 11.3 Å². The van der Waals surface area contributed by atoms with E-state index < -0.39 is 0 Å². The lowest BCUT2D eigenvalue weighted by Crippen LogP contribution is -2.32. The number of amides is 2. The molecule has 0 spiro atoms. The van der Waals surface area contributed by atoms with Crippen molar-refractivity contribution >= 4 is 34.5 Å². The van der Waals surface area contributed by atoms with Gasteiger partial charge in [0.1, 0.15) is 10.7 Å². The molecule has 1 fully saturated rings. The first-order valence-electron chi connectivity index (χ1n) is 7.28. The predicted octanol–water partition coefficient (Wildman–Crippen LogP) is 2.61. The number of hydrogen-bond donors (Lipinski definition) is 1. The highest BCUT2D eigenvalue weighted by molar-refractivity contribution is 7.14. The minimum Gasteiger partial charge on any atom is -0.350 e. The molecule has 0 saturated carbocycles. The standard InChI is InChI=1S/C15H17N3O2S2/c19-13(18-6-1-2-7-18)3-5-16-14(20)12-10-22-15(17-12)11-4-8-21-9-11/h4,8-10H,1-3,5-7H2,(H,16,20). The van der Waals surface area contributed by atoms with Crippen LogP contribution in [0.3, 0.4) is 0 Å². The summed E-state index contributed by atoms with van der Waals surface area (Å²) in [5, 5.41) is 9.37. The zero-order valence-electron chi connectivity index (χ0n) is 12.1. The molecule has 3 heterocycles. The van der Waals surface area contributed by atoms with Gasteiger partial charge in [0, 0.05) is 42.4 Å². The Labute approximate surface area is 137 Å². The van der Waals surface area contributed by atoms with Crippen molar-refractivity contribution in [1.82, 2.24) is 15.2 Å². The number of hydrogen-bond acceptors (Lipinski definition) is 5. The number of nitrogens with one attached hydrogen (secondary N) is 1. The van der Waals surface area contributed by atoms with Crippen molar-refractivity contribution in [2.75, 3.05) is 19.6 Å². The molecular weight excluding hydrogens is 318 g/mol. The quantitative estimate of drug-likeness (QED) is 0.913. The molecule has 7 heteroatoms. The Morgan fingerprint density at radius 1 is 1.27 bits per heavy atom. The summed E-state index contributed by atoms with van der Waals surface area (Å²) < 4.78 is 0. The van der Waals surface area contributed by atoms with Crippen LogP contribution >= 0.6 is 22.7 Å². The topological polar surface area (TPSA) is 62.3 Å². The number of aromatic nitrogens is 1. The van der Waals surface area contributed by atoms with Gasteiger partial charge >= 0.3 is 0 Å². The van der Waals surface area contributed by atoms with E-state index >= 15 is 0 Å². The molecule has 0 aliphatic carbocycles. The third kappa shape index (κ3) is 3.53. The van der Waals surface area contributed by atoms with Crippen molar-refractivity contribution in [2.45, 2.75) is 19.3 Å². The Morgan fingerprint density at radius 3 is 2.82 bits per heavy atom. The Balaban J connectivity index is 1.49. The molecule has 2 aromatic rings. The van der Waals surface area contributed by atoms with Crippen LogP contribution in [0, 0.1) is 0 Å². The van der Waals surface area contributed by atoms with Gasteiger partial charge in [0.05, 0.1) is 0 Å². The summed E-state index contributed by atoms with van der Waals surface area (Å²) in [4.78, 5) is 30.1. The molecule has 0 unspecified atom stereocenters. The maximum Gasteiger partial charge on any atom is 0.270 e. The predicted molar refractivity (Wildman–Crippen MR) is 88.2 cm³/mol. The van der Waals surface area contributed by atoms with Gasteiger partial charge in [-0.05, 0) is 24.3 Å². The number of thiophene rings is 1. The second-order valence-electron chi connectivity index (χ2n) is 5.14. The molecule has 2 aromatic heterocycles. The molecule has 0 bridgehead atoms. The zero-order valence-corrected chi connectivity index (χ0v) is 13.7. The van der Waals surface area contributed by atoms with Crippen LogP contribution in [0.4, 0.5) is 0 Å². The fraction of sp³-hybridized carbons (Fsp3) is 0.400. The largest absolute Gasteiger partial charge is 0.350 e. The molecule has 2 amide bonds. The number of rotatable bonds is 5. The molecule has 1 aliphatic heterocycles. The average Bonchev–Trinajstić information content (AvgIpc) is 3.26. The summed E-state index contributed by atoms with van der Waals surface area (Å²) in [7, 11) is 0. The lowest BCUT2D eigenvalue weighted by Gasteiger charge is -2.14. The highest BCUT2D eigenvalue weighted by Crippen LogP contribution is 2.25. The van der Waals surface area contributed by atoms with Crippen LogP contribution in [0.25, 0.3) is 10.6 Å². The van der Waals surface area contributed by atoms with Crippen LogP contribution in [0.15, 0.2) is 22.2 Å². The van der Waals surface area contributed by atoms with Crippen LogP contribution < -0.4 is 5.32 Å². The van der Waals surface area contributed by atoms with Crippen LogP contribution in [0.5, 0.6) is 0 Å². The van der Waals surface area contributed by atoms with E-state index in [4.69, 9.17) is 0 Å². The number of carbonyl (C=O) groups is 2. The molecule has 0 aromatic carbocycles. The molecule has 116 valence electrons. The van der Waals surface area contributed by atoms with Gasteiger partial charge in [0.15, 0.2) is 0 Å². The van der Waals surface area contributed by atoms with Gasteiger partial charge in [0.25, 0.3) is 5.91 Å². The highest BCUT2D eigenvalue weighted by Gasteiger charge is 2.18. The minimum atomic E-state index is -0.216. The highest BCUT2D eigenvalue weighted by atomic mass is 32.1. The van der Waals surface area contributed by atoms with E-state index in [1.165, 1.54) is 11.3 Å². The van der Waals surface area contributed by atoms with Crippen LogP contribution in [-0.2, 0) is 4.79 Å². The summed E-state index contributed by atoms with van der Waals surface area (Å²) >= 11 is 3.06. The van der Waals surface area contributed by atoms with Gasteiger partial charge in [-0.25, -0.2) is 4.98 Å². The van der Waals surface area contributed by atoms with Crippen molar-refractivity contribution in [1.29, 1.82) is 0 Å². The number of carbonyl (C=O) groups excluding carboxylic acids is 2. The van der Waals surface area contributed by atoms with Gasteiger partial charge in [-0.2, -0.15) is 11.3 Å². The van der Waals surface area contributed by atoms with Crippen molar-refractivity contribution in [3.05, 3.63) is 27.9 Å². The molecule has 3 rings (SSSR count). The first-order chi connectivity index (χ1) is 10.7. The molecule has 0 radical (unpaired) electrons. The van der Waals surface area contributed by atoms with E-state index in [2.05, 4.69) is 10.3 Å². The molecular formula is C15H17N3O2S2. The summed E-state index contributed by atoms with van der Waals surface area (Å²) in [6, 6.07) is 1.99. The smallest absolute Gasteiger partial charge is 0.270 e. The maximum absolute atomic E-state index is 12.0. The SMILES string of the molecule is O=C(NCCC(=O)N1CCCC1)c1csc(-c2ccsc2)n1. The maximum atomic E-state index is 12.0. The molecule has 22 heavy (non-hydrogen) atoms. The molecule has 1 N–H and O–H groups in total. The average molecular weight is 335 g/mol. The lowest BCUT2D eigenvalue weighted by molar-refractivity contribution is -0.129. The van der Waals surface area contributed by atoms with Gasteiger partial charge < -0.3 is 10.2 Å². The first kappa shape index (κ1) is 15.2. The monoisotopic (exact) mass is 335 g/mol. The molecule has 5 nitrogen and oxygen atoms in total. The van der Waals surface area contributed by atoms with Crippen molar-refractivity contribution < 1.29 is 9.59 Å². The summed E-state index contributed by atoms with van der Waals surface area (Å²) in [6.07, 6.45) is 2.53. The number of likely N-dealkylation sites (tertiary alicyclic amines) is 1. The van der Waals surface area contributed by atoms with Crippen molar-refractivity contribution in [3.8, 4) is 10.6 Å². The van der Waals surface area contributed by atoms with E-state index in [-0.39, 0.29) is 11.8 Å². The minimum absolute atomic E-state index is 0.120. The molecule has 1 saturated heterocycles. The van der Waals surface area contributed by atoms with Gasteiger partial charge in [-0.1, -0.05) is 0 Å². The molecule has 0 atom stereocenters. The van der Waals surface area contributed by atoms with E-state index in [0.29, 0.717) is 18.7 Å². The Morgan fingerprint density at radius 2 is 2.09 bits per heavy atom. The summed E-state index contributed by atoms with van der Waals surface area (Å²) in [5.74, 6) is -0.0954. The fourth-order valence-electron chi connectivity index (χ4n) is 2.39. The van der Waals surface area contributed by atoms with Gasteiger partial charge in [-0.3, -0.25) is 9.59 Å². The number of nitrogens with zero attached hydrogens (tertiary/aromatic N) is 2. The van der Waals surface area contributed by atoms with E-state index in [1.807, 2.05) is 21.7 Å². The normalized spacial score (nSPS) is 14.3. The molecule has 1 aliphatic rings. The first-order valence-corrected chi connectivity index (χ1v) is 9.10. The second-order valence-corrected chi connectivity index (χ2v) is 6.78. The zero-order chi connectivity index (χ0) is 15.4. The Kier molecular flexibility index (Phi) is 4.84. The van der Waals surface area contributed by atoms with E-state index in [0.717, 1.165) is 36.5 Å². The van der Waals surface area contributed by atoms with Crippen molar-refractivity contribution in [2.24, 2.45) is 0 Å². The second kappa shape index (κ2) is 7.02. The van der Waals surface area contributed by atoms with Crippen LogP contribution in [0.2, 0.25) is 0 Å². The summed E-state index contributed by atoms with van der Waals surface area (Å²) in [5.41, 5.74) is 1.46. The van der Waals surface area contributed by atoms with Crippen molar-refractivity contribution in [3.63, 3.8) is 0 Å². The van der Waals surface area contributed by atoms with E-state index in [1.54, 1.807) is 16.7 Å². The fourth-order valence-corrected chi connectivity index (χ4v) is 3.91.